The maximum Gasteiger partial charge on any atom is 0.483 e. The molecule has 1 aromatic carbocycles. The van der Waals surface area contributed by atoms with Crippen molar-refractivity contribution in [1.82, 2.24) is 10.1 Å². The van der Waals surface area contributed by atoms with Crippen molar-refractivity contribution in [2.75, 3.05) is 12.0 Å². The minimum absolute atomic E-state index is 0.183. The van der Waals surface area contributed by atoms with Gasteiger partial charge in [0.2, 0.25) is 0 Å². The summed E-state index contributed by atoms with van der Waals surface area (Å²) in [5.41, 5.74) is 3.44. The number of nitrogens with zero attached hydrogens (tertiary/aromatic N) is 3. The third-order valence-electron chi connectivity index (χ3n) is 7.36. The van der Waals surface area contributed by atoms with Crippen LogP contribution in [0.25, 0.3) is 11.3 Å². The molecule has 2 bridgehead atoms. The molecule has 2 saturated heterocycles. The average Bonchev–Trinajstić information content (AvgIpc) is 3.62. The number of carbonyl (C=O) groups excluding carboxylic acids is 2. The Balaban J connectivity index is 0.000000689. The molecule has 1 aliphatic carbocycles. The van der Waals surface area contributed by atoms with Crippen molar-refractivity contribution in [2.24, 2.45) is 0 Å². The van der Waals surface area contributed by atoms with Gasteiger partial charge in [-0.1, -0.05) is 41.6 Å². The topological polar surface area (TPSA) is 94.8 Å². The predicted molar refractivity (Wildman–Crippen MR) is 134 cm³/mol. The number of pyridine rings is 1. The highest BCUT2D eigenvalue weighted by Gasteiger charge is 2.42. The minimum atomic E-state index is -2.83. The summed E-state index contributed by atoms with van der Waals surface area (Å²) >= 11 is 0. The maximum absolute atomic E-state index is 12.0. The van der Waals surface area contributed by atoms with Gasteiger partial charge >= 0.3 is 12.3 Å². The third kappa shape index (κ3) is 5.75. The molecule has 2 unspecified atom stereocenters. The van der Waals surface area contributed by atoms with Crippen LogP contribution in [0.3, 0.4) is 0 Å². The van der Waals surface area contributed by atoms with Gasteiger partial charge in [0, 0.05) is 29.1 Å². The van der Waals surface area contributed by atoms with E-state index in [4.69, 9.17) is 18.8 Å². The summed E-state index contributed by atoms with van der Waals surface area (Å²) in [6, 6.07) is 16.5. The van der Waals surface area contributed by atoms with Crippen LogP contribution in [-0.4, -0.2) is 47.7 Å². The molecule has 0 N–H and O–H groups in total. The molecule has 1 saturated carbocycles. The second kappa shape index (κ2) is 11.4. The summed E-state index contributed by atoms with van der Waals surface area (Å²) in [4.78, 5) is 27.0. The molecule has 0 amide bonds. The van der Waals surface area contributed by atoms with Gasteiger partial charge in [0.25, 0.3) is 0 Å². The molecule has 0 spiro atoms. The quantitative estimate of drug-likeness (QED) is 0.267. The molecular formula is C28H29F2N3O5. The van der Waals surface area contributed by atoms with E-state index >= 15 is 0 Å². The molecule has 3 aliphatic rings. The molecule has 0 radical (unpaired) electrons. The van der Waals surface area contributed by atoms with Gasteiger partial charge in [-0.2, -0.15) is 0 Å². The van der Waals surface area contributed by atoms with Gasteiger partial charge in [-0.25, -0.2) is 14.6 Å². The minimum Gasteiger partial charge on any atom is -0.464 e. The Morgan fingerprint density at radius 3 is 2.32 bits per heavy atom. The number of piperidine rings is 1. The number of anilines is 1. The molecule has 3 aromatic rings. The van der Waals surface area contributed by atoms with Crippen molar-refractivity contribution < 1.29 is 32.4 Å². The standard InChI is InChI=1S/C27H29N3O4.CF2O/c1-32-27(31)23-8-5-9-24(28-23)30-19-12-13-20(30)15-21(14-19)33-16-22-25(17-6-3-2-4-7-17)29-34-26(22)18-10-11-18;2-1(3)4/h2-9,18-21H,10-16H2,1H3;/t19-,20?,21?;/m0./s1. The molecular weight excluding hydrogens is 496 g/mol. The van der Waals surface area contributed by atoms with E-state index in [9.17, 15) is 13.6 Å². The smallest absolute Gasteiger partial charge is 0.464 e. The summed E-state index contributed by atoms with van der Waals surface area (Å²) in [6.07, 6.45) is 3.81. The second-order valence-electron chi connectivity index (χ2n) is 9.81. The first-order valence-corrected chi connectivity index (χ1v) is 12.8. The van der Waals surface area contributed by atoms with Gasteiger partial charge in [0.1, 0.15) is 17.3 Å². The van der Waals surface area contributed by atoms with Crippen LogP contribution in [0.5, 0.6) is 0 Å². The number of aromatic nitrogens is 2. The summed E-state index contributed by atoms with van der Waals surface area (Å²) in [5.74, 6) is 1.94. The SMILES string of the molecule is COC(=O)c1cccc(N2C3CC[C@H]2CC(OCc2c(-c4ccccc4)noc2C2CC2)C3)n1.O=C(F)F. The number of halogens is 2. The maximum atomic E-state index is 12.0. The van der Waals surface area contributed by atoms with Crippen LogP contribution in [0, 0.1) is 0 Å². The van der Waals surface area contributed by atoms with Crippen LogP contribution in [0.2, 0.25) is 0 Å². The summed E-state index contributed by atoms with van der Waals surface area (Å²) in [7, 11) is 1.39. The average molecular weight is 526 g/mol. The Kier molecular flexibility index (Phi) is 7.78. The number of ether oxygens (including phenoxy) is 2. The van der Waals surface area contributed by atoms with E-state index in [0.29, 0.717) is 30.3 Å². The highest BCUT2D eigenvalue weighted by atomic mass is 19.3. The summed E-state index contributed by atoms with van der Waals surface area (Å²) < 4.78 is 36.6. The molecule has 200 valence electrons. The van der Waals surface area contributed by atoms with Crippen molar-refractivity contribution in [2.45, 2.75) is 69.2 Å². The van der Waals surface area contributed by atoms with Gasteiger partial charge < -0.3 is 18.9 Å². The van der Waals surface area contributed by atoms with Crippen LogP contribution >= 0.6 is 0 Å². The van der Waals surface area contributed by atoms with E-state index in [0.717, 1.165) is 66.9 Å². The number of hydrogen-bond acceptors (Lipinski definition) is 8. The fourth-order valence-corrected chi connectivity index (χ4v) is 5.57. The van der Waals surface area contributed by atoms with E-state index in [2.05, 4.69) is 27.2 Å². The Hall–Kier alpha value is -3.66. The highest BCUT2D eigenvalue weighted by Crippen LogP contribution is 2.45. The number of esters is 1. The molecule has 8 nitrogen and oxygen atoms in total. The van der Waals surface area contributed by atoms with Crippen molar-refractivity contribution in [1.29, 1.82) is 0 Å². The van der Waals surface area contributed by atoms with Crippen molar-refractivity contribution in [3.8, 4) is 11.3 Å². The van der Waals surface area contributed by atoms with Crippen molar-refractivity contribution >= 4 is 18.1 Å². The lowest BCUT2D eigenvalue weighted by molar-refractivity contribution is 0.0145. The van der Waals surface area contributed by atoms with Crippen molar-refractivity contribution in [3.05, 3.63) is 65.5 Å². The number of rotatable bonds is 7. The van der Waals surface area contributed by atoms with Gasteiger partial charge in [-0.15, -0.1) is 8.78 Å². The number of methoxy groups -OCH3 is 1. The van der Waals surface area contributed by atoms with E-state index in [-0.39, 0.29) is 6.10 Å². The number of fused-ring (bicyclic) bond motifs is 2. The fourth-order valence-electron chi connectivity index (χ4n) is 5.57. The first-order valence-electron chi connectivity index (χ1n) is 12.8. The van der Waals surface area contributed by atoms with Crippen LogP contribution in [0.1, 0.15) is 66.3 Å². The molecule has 2 aliphatic heterocycles. The molecule has 4 heterocycles. The highest BCUT2D eigenvalue weighted by molar-refractivity contribution is 5.87. The van der Waals surface area contributed by atoms with Crippen LogP contribution < -0.4 is 4.90 Å². The molecule has 6 rings (SSSR count). The Labute approximate surface area is 218 Å². The monoisotopic (exact) mass is 525 g/mol. The Morgan fingerprint density at radius 2 is 1.68 bits per heavy atom. The second-order valence-corrected chi connectivity index (χ2v) is 9.81. The van der Waals surface area contributed by atoms with E-state index < -0.39 is 12.3 Å². The number of carbonyl (C=O) groups is 2. The normalized spacial score (nSPS) is 22.0. The van der Waals surface area contributed by atoms with E-state index in [1.165, 1.54) is 7.11 Å². The van der Waals surface area contributed by atoms with Crippen LogP contribution in [0.4, 0.5) is 19.4 Å². The lowest BCUT2D eigenvalue weighted by Crippen LogP contribution is -2.46. The fraction of sp³-hybridized carbons (Fsp3) is 0.429. The zero-order valence-corrected chi connectivity index (χ0v) is 21.0. The van der Waals surface area contributed by atoms with Crippen LogP contribution in [0.15, 0.2) is 53.1 Å². The van der Waals surface area contributed by atoms with Gasteiger partial charge in [0.15, 0.2) is 5.69 Å². The van der Waals surface area contributed by atoms with Crippen LogP contribution in [-0.2, 0) is 16.1 Å². The molecule has 3 fully saturated rings. The zero-order chi connectivity index (χ0) is 26.6. The lowest BCUT2D eigenvalue weighted by atomic mass is 9.99. The van der Waals surface area contributed by atoms with Gasteiger partial charge in [0.05, 0.1) is 19.8 Å². The van der Waals surface area contributed by atoms with Gasteiger partial charge in [-0.3, -0.25) is 0 Å². The molecule has 3 atom stereocenters. The third-order valence-corrected chi connectivity index (χ3v) is 7.36. The zero-order valence-electron chi connectivity index (χ0n) is 21.0. The van der Waals surface area contributed by atoms with E-state index in [1.807, 2.05) is 30.3 Å². The number of benzene rings is 1. The molecule has 38 heavy (non-hydrogen) atoms. The Bertz CT molecular complexity index is 1260. The summed E-state index contributed by atoms with van der Waals surface area (Å²) in [6.45, 7) is 0.528. The van der Waals surface area contributed by atoms with Gasteiger partial charge in [-0.05, 0) is 50.7 Å². The predicted octanol–water partition coefficient (Wildman–Crippen LogP) is 6.16. The molecule has 10 heteroatoms. The Morgan fingerprint density at radius 1 is 1.00 bits per heavy atom. The van der Waals surface area contributed by atoms with Crippen molar-refractivity contribution in [3.63, 3.8) is 0 Å². The first kappa shape index (κ1) is 26.0. The number of hydrogen-bond donors (Lipinski definition) is 0. The first-order chi connectivity index (χ1) is 18.4. The molecule has 2 aromatic heterocycles. The largest absolute Gasteiger partial charge is 0.483 e. The lowest BCUT2D eigenvalue weighted by Gasteiger charge is -2.39. The summed E-state index contributed by atoms with van der Waals surface area (Å²) in [5, 5.41) is 4.43. The van der Waals surface area contributed by atoms with E-state index in [1.54, 1.807) is 6.07 Å².